The fraction of sp³-hybridized carbons (Fsp3) is 0.600. The summed E-state index contributed by atoms with van der Waals surface area (Å²) in [7, 11) is 1.62. The number of hydrogen-bond acceptors (Lipinski definition) is 3. The molecule has 19 heavy (non-hydrogen) atoms. The fourth-order valence-corrected chi connectivity index (χ4v) is 2.85. The van der Waals surface area contributed by atoms with E-state index in [4.69, 9.17) is 9.84 Å². The van der Waals surface area contributed by atoms with E-state index >= 15 is 0 Å². The van der Waals surface area contributed by atoms with Crippen LogP contribution in [0, 0.1) is 5.82 Å². The molecule has 1 saturated heterocycles. The van der Waals surface area contributed by atoms with Crippen LogP contribution in [0.15, 0.2) is 18.2 Å². The van der Waals surface area contributed by atoms with Crippen molar-refractivity contribution in [3.8, 4) is 5.75 Å². The molecule has 4 heteroatoms. The van der Waals surface area contributed by atoms with Gasteiger partial charge in [-0.25, -0.2) is 4.39 Å². The molecule has 1 aromatic carbocycles. The highest BCUT2D eigenvalue weighted by molar-refractivity contribution is 5.34. The van der Waals surface area contributed by atoms with E-state index in [1.807, 2.05) is 0 Å². The van der Waals surface area contributed by atoms with E-state index in [-0.39, 0.29) is 12.4 Å². The van der Waals surface area contributed by atoms with E-state index in [0.29, 0.717) is 6.04 Å². The minimum absolute atomic E-state index is 0.220. The second-order valence-electron chi connectivity index (χ2n) is 5.09. The van der Waals surface area contributed by atoms with Crippen LogP contribution in [0.25, 0.3) is 0 Å². The van der Waals surface area contributed by atoms with Crippen molar-refractivity contribution in [3.05, 3.63) is 29.6 Å². The van der Waals surface area contributed by atoms with Gasteiger partial charge >= 0.3 is 0 Å². The molecule has 1 aliphatic rings. The number of aliphatic hydroxyl groups excluding tert-OH is 1. The van der Waals surface area contributed by atoms with Crippen LogP contribution >= 0.6 is 0 Å². The summed E-state index contributed by atoms with van der Waals surface area (Å²) in [6, 6.07) is 5.17. The van der Waals surface area contributed by atoms with Crippen molar-refractivity contribution >= 4 is 0 Å². The molecule has 2 rings (SSSR count). The van der Waals surface area contributed by atoms with Crippen molar-refractivity contribution in [1.29, 1.82) is 0 Å². The molecule has 3 nitrogen and oxygen atoms in total. The van der Waals surface area contributed by atoms with E-state index in [9.17, 15) is 4.39 Å². The summed E-state index contributed by atoms with van der Waals surface area (Å²) < 4.78 is 18.6. The predicted octanol–water partition coefficient (Wildman–Crippen LogP) is 2.57. The van der Waals surface area contributed by atoms with Crippen molar-refractivity contribution in [3.63, 3.8) is 0 Å². The van der Waals surface area contributed by atoms with Gasteiger partial charge in [0.25, 0.3) is 0 Å². The third kappa shape index (κ3) is 3.67. The van der Waals surface area contributed by atoms with E-state index in [2.05, 4.69) is 4.90 Å². The van der Waals surface area contributed by atoms with Crippen molar-refractivity contribution in [2.75, 3.05) is 20.3 Å². The van der Waals surface area contributed by atoms with Gasteiger partial charge in [-0.15, -0.1) is 0 Å². The molecule has 106 valence electrons. The topological polar surface area (TPSA) is 32.7 Å². The summed E-state index contributed by atoms with van der Waals surface area (Å²) in [6.07, 6.45) is 4.18. The quantitative estimate of drug-likeness (QED) is 0.860. The van der Waals surface area contributed by atoms with Gasteiger partial charge in [-0.05, 0) is 50.4 Å². The molecule has 1 heterocycles. The Morgan fingerprint density at radius 3 is 3.05 bits per heavy atom. The van der Waals surface area contributed by atoms with Crippen molar-refractivity contribution < 1.29 is 14.2 Å². The number of halogens is 1. The largest absolute Gasteiger partial charge is 0.496 e. The second-order valence-corrected chi connectivity index (χ2v) is 5.09. The first-order valence-electron chi connectivity index (χ1n) is 6.92. The molecular weight excluding hydrogens is 245 g/mol. The van der Waals surface area contributed by atoms with Gasteiger partial charge in [-0.3, -0.25) is 4.90 Å². The molecule has 0 bridgehead atoms. The molecule has 0 spiro atoms. The lowest BCUT2D eigenvalue weighted by molar-refractivity contribution is 0.208. The minimum Gasteiger partial charge on any atom is -0.496 e. The number of methoxy groups -OCH3 is 1. The average Bonchev–Trinajstić information content (AvgIpc) is 2.84. The summed E-state index contributed by atoms with van der Waals surface area (Å²) >= 11 is 0. The lowest BCUT2D eigenvalue weighted by Gasteiger charge is -2.25. The van der Waals surface area contributed by atoms with Crippen LogP contribution in [-0.4, -0.2) is 36.3 Å². The first-order chi connectivity index (χ1) is 9.24. The van der Waals surface area contributed by atoms with Crippen LogP contribution in [-0.2, 0) is 6.54 Å². The standard InChI is InChI=1S/C15H22FNO2/c1-19-15-7-6-13(16)10-12(15)11-17-8-2-4-14(17)5-3-9-18/h6-7,10,14,18H,2-5,8-9,11H2,1H3. The summed E-state index contributed by atoms with van der Waals surface area (Å²) in [4.78, 5) is 2.37. The van der Waals surface area contributed by atoms with Crippen LogP contribution < -0.4 is 4.74 Å². The van der Waals surface area contributed by atoms with Crippen molar-refractivity contribution in [1.82, 2.24) is 4.90 Å². The maximum Gasteiger partial charge on any atom is 0.123 e. The van der Waals surface area contributed by atoms with Crippen molar-refractivity contribution in [2.45, 2.75) is 38.3 Å². The van der Waals surface area contributed by atoms with E-state index < -0.39 is 0 Å². The first-order valence-corrected chi connectivity index (χ1v) is 6.92. The van der Waals surface area contributed by atoms with Crippen molar-refractivity contribution in [2.24, 2.45) is 0 Å². The summed E-state index contributed by atoms with van der Waals surface area (Å²) in [5.74, 6) is 0.524. The molecule has 1 N–H and O–H groups in total. The van der Waals surface area contributed by atoms with Gasteiger partial charge in [0, 0.05) is 24.8 Å². The maximum atomic E-state index is 13.4. The van der Waals surface area contributed by atoms with Crippen LogP contribution in [0.1, 0.15) is 31.2 Å². The molecular formula is C15H22FNO2. The zero-order valence-electron chi connectivity index (χ0n) is 11.4. The SMILES string of the molecule is COc1ccc(F)cc1CN1CCCC1CCCO. The Balaban J connectivity index is 2.05. The van der Waals surface area contributed by atoms with E-state index in [1.54, 1.807) is 19.2 Å². The molecule has 1 aliphatic heterocycles. The molecule has 0 aliphatic carbocycles. The lowest BCUT2D eigenvalue weighted by Crippen LogP contribution is -2.29. The van der Waals surface area contributed by atoms with Crippen LogP contribution in [0.4, 0.5) is 4.39 Å². The molecule has 1 atom stereocenters. The number of likely N-dealkylation sites (tertiary alicyclic amines) is 1. The number of aliphatic hydroxyl groups is 1. The van der Waals surface area contributed by atoms with Crippen LogP contribution in [0.5, 0.6) is 5.75 Å². The Morgan fingerprint density at radius 2 is 2.32 bits per heavy atom. The maximum absolute atomic E-state index is 13.4. The summed E-state index contributed by atoms with van der Waals surface area (Å²) in [6.45, 7) is 2.00. The number of rotatable bonds is 6. The van der Waals surface area contributed by atoms with Gasteiger partial charge < -0.3 is 9.84 Å². The van der Waals surface area contributed by atoms with Crippen LogP contribution in [0.2, 0.25) is 0 Å². The number of ether oxygens (including phenoxy) is 1. The number of benzene rings is 1. The third-order valence-electron chi connectivity index (χ3n) is 3.81. The normalized spacial score (nSPS) is 19.8. The molecule has 0 amide bonds. The predicted molar refractivity (Wildman–Crippen MR) is 72.7 cm³/mol. The minimum atomic E-state index is -0.220. The van der Waals surface area contributed by atoms with Gasteiger partial charge in [-0.1, -0.05) is 0 Å². The Morgan fingerprint density at radius 1 is 1.47 bits per heavy atom. The van der Waals surface area contributed by atoms with E-state index in [1.165, 1.54) is 12.5 Å². The second kappa shape index (κ2) is 6.87. The zero-order chi connectivity index (χ0) is 13.7. The Hall–Kier alpha value is -1.13. The highest BCUT2D eigenvalue weighted by Gasteiger charge is 2.24. The van der Waals surface area contributed by atoms with Gasteiger partial charge in [-0.2, -0.15) is 0 Å². The number of hydrogen-bond donors (Lipinski definition) is 1. The molecule has 0 aromatic heterocycles. The molecule has 0 saturated carbocycles. The molecule has 1 unspecified atom stereocenters. The molecule has 1 fully saturated rings. The van der Waals surface area contributed by atoms with Gasteiger partial charge in [0.2, 0.25) is 0 Å². The van der Waals surface area contributed by atoms with Gasteiger partial charge in [0.1, 0.15) is 11.6 Å². The fourth-order valence-electron chi connectivity index (χ4n) is 2.85. The summed E-state index contributed by atoms with van der Waals surface area (Å²) in [5.41, 5.74) is 0.901. The summed E-state index contributed by atoms with van der Waals surface area (Å²) in [5, 5.41) is 8.93. The van der Waals surface area contributed by atoms with Crippen LogP contribution in [0.3, 0.4) is 0 Å². The zero-order valence-corrected chi connectivity index (χ0v) is 11.4. The lowest BCUT2D eigenvalue weighted by atomic mass is 10.1. The average molecular weight is 267 g/mol. The molecule has 1 aromatic rings. The van der Waals surface area contributed by atoms with E-state index in [0.717, 1.165) is 43.7 Å². The van der Waals surface area contributed by atoms with Gasteiger partial charge in [0.15, 0.2) is 0 Å². The highest BCUT2D eigenvalue weighted by atomic mass is 19.1. The Bertz CT molecular complexity index is 411. The molecule has 0 radical (unpaired) electrons. The smallest absolute Gasteiger partial charge is 0.123 e. The Labute approximate surface area is 114 Å². The van der Waals surface area contributed by atoms with Gasteiger partial charge in [0.05, 0.1) is 7.11 Å². The third-order valence-corrected chi connectivity index (χ3v) is 3.81. The Kier molecular flexibility index (Phi) is 5.16. The number of nitrogens with zero attached hydrogens (tertiary/aromatic N) is 1. The highest BCUT2D eigenvalue weighted by Crippen LogP contribution is 2.27. The monoisotopic (exact) mass is 267 g/mol. The first kappa shape index (κ1) is 14.3.